The first-order valence-electron chi connectivity index (χ1n) is 6.63. The Morgan fingerprint density at radius 3 is 2.67 bits per heavy atom. The minimum atomic E-state index is -0.443. The predicted molar refractivity (Wildman–Crippen MR) is 85.6 cm³/mol. The van der Waals surface area contributed by atoms with Crippen LogP contribution in [0.1, 0.15) is 24.1 Å². The lowest BCUT2D eigenvalue weighted by Crippen LogP contribution is -2.23. The number of hydrogen-bond donors (Lipinski definition) is 1. The Labute approximate surface area is 136 Å². The molecule has 1 nitrogen and oxygen atoms in total. The average molecular weight is 375 g/mol. The van der Waals surface area contributed by atoms with Crippen LogP contribution < -0.4 is 5.32 Å². The summed E-state index contributed by atoms with van der Waals surface area (Å²) in [5.74, 6) is -0.854. The van der Waals surface area contributed by atoms with Gasteiger partial charge in [-0.1, -0.05) is 34.5 Å². The molecule has 0 heterocycles. The summed E-state index contributed by atoms with van der Waals surface area (Å²) < 4.78 is 28.0. The third kappa shape index (κ3) is 4.25. The molecule has 0 amide bonds. The van der Waals surface area contributed by atoms with Gasteiger partial charge in [0.2, 0.25) is 0 Å². The summed E-state index contributed by atoms with van der Waals surface area (Å²) in [4.78, 5) is 0. The van der Waals surface area contributed by atoms with E-state index in [9.17, 15) is 8.78 Å². The van der Waals surface area contributed by atoms with Crippen molar-refractivity contribution >= 4 is 27.5 Å². The van der Waals surface area contributed by atoms with E-state index in [1.54, 1.807) is 6.07 Å². The summed E-state index contributed by atoms with van der Waals surface area (Å²) in [7, 11) is 0. The van der Waals surface area contributed by atoms with Crippen molar-refractivity contribution in [1.29, 1.82) is 0 Å². The molecule has 1 atom stereocenters. The summed E-state index contributed by atoms with van der Waals surface area (Å²) >= 11 is 9.64. The maximum Gasteiger partial charge on any atom is 0.126 e. The largest absolute Gasteiger partial charge is 0.310 e. The van der Waals surface area contributed by atoms with E-state index in [0.29, 0.717) is 23.6 Å². The molecular weight excluding hydrogens is 360 g/mol. The molecule has 2 rings (SSSR count). The molecule has 5 heteroatoms. The molecule has 0 aliphatic carbocycles. The van der Waals surface area contributed by atoms with E-state index in [4.69, 9.17) is 11.6 Å². The quantitative estimate of drug-likeness (QED) is 0.751. The minimum Gasteiger partial charge on any atom is -0.310 e. The van der Waals surface area contributed by atoms with Gasteiger partial charge in [-0.2, -0.15) is 0 Å². The highest BCUT2D eigenvalue weighted by atomic mass is 79.9. The SMILES string of the molecule is CCNC(Cc1cc(F)ccc1F)c1cc(Br)ccc1Cl. The predicted octanol–water partition coefficient (Wildman–Crippen LogP) is 5.27. The first kappa shape index (κ1) is 16.4. The second kappa shape index (κ2) is 7.34. The Bertz CT molecular complexity index is 634. The number of rotatable bonds is 5. The zero-order valence-corrected chi connectivity index (χ0v) is 13.8. The molecule has 1 N–H and O–H groups in total. The molecule has 112 valence electrons. The molecule has 0 saturated heterocycles. The Morgan fingerprint density at radius 2 is 1.95 bits per heavy atom. The van der Waals surface area contributed by atoms with Crippen LogP contribution in [0.2, 0.25) is 5.02 Å². The fraction of sp³-hybridized carbons (Fsp3) is 0.250. The van der Waals surface area contributed by atoms with Crippen molar-refractivity contribution in [2.45, 2.75) is 19.4 Å². The molecule has 0 aliphatic heterocycles. The number of hydrogen-bond acceptors (Lipinski definition) is 1. The van der Waals surface area contributed by atoms with Gasteiger partial charge >= 0.3 is 0 Å². The lowest BCUT2D eigenvalue weighted by molar-refractivity contribution is 0.522. The molecule has 0 saturated carbocycles. The van der Waals surface area contributed by atoms with Gasteiger partial charge in [-0.25, -0.2) is 8.78 Å². The van der Waals surface area contributed by atoms with Crippen LogP contribution in [0.5, 0.6) is 0 Å². The maximum atomic E-state index is 13.8. The van der Waals surface area contributed by atoms with Crippen LogP contribution in [0.25, 0.3) is 0 Å². The Hall–Kier alpha value is -0.970. The first-order valence-corrected chi connectivity index (χ1v) is 7.80. The van der Waals surface area contributed by atoms with E-state index >= 15 is 0 Å². The van der Waals surface area contributed by atoms with Crippen LogP contribution >= 0.6 is 27.5 Å². The van der Waals surface area contributed by atoms with Crippen molar-refractivity contribution in [2.75, 3.05) is 6.54 Å². The number of halogens is 4. The molecule has 0 fully saturated rings. The molecule has 0 aliphatic rings. The average Bonchev–Trinajstić information content (AvgIpc) is 2.45. The van der Waals surface area contributed by atoms with Crippen molar-refractivity contribution < 1.29 is 8.78 Å². The van der Waals surface area contributed by atoms with Crippen molar-refractivity contribution in [3.8, 4) is 0 Å². The summed E-state index contributed by atoms with van der Waals surface area (Å²) in [5, 5.41) is 3.87. The Balaban J connectivity index is 2.35. The van der Waals surface area contributed by atoms with E-state index in [2.05, 4.69) is 21.2 Å². The minimum absolute atomic E-state index is 0.184. The topological polar surface area (TPSA) is 12.0 Å². The van der Waals surface area contributed by atoms with Crippen molar-refractivity contribution in [1.82, 2.24) is 5.32 Å². The van der Waals surface area contributed by atoms with Crippen LogP contribution in [0.3, 0.4) is 0 Å². The summed E-state index contributed by atoms with van der Waals surface area (Å²) in [5.41, 5.74) is 1.19. The molecule has 0 spiro atoms. The van der Waals surface area contributed by atoms with Crippen molar-refractivity contribution in [3.05, 3.63) is 68.7 Å². The van der Waals surface area contributed by atoms with Gasteiger partial charge in [0.1, 0.15) is 11.6 Å². The van der Waals surface area contributed by atoms with Crippen LogP contribution in [0.4, 0.5) is 8.78 Å². The van der Waals surface area contributed by atoms with Gasteiger partial charge < -0.3 is 5.32 Å². The fourth-order valence-electron chi connectivity index (χ4n) is 2.24. The third-order valence-corrected chi connectivity index (χ3v) is 4.05. The molecular formula is C16H15BrClF2N. The van der Waals surface area contributed by atoms with Gasteiger partial charge in [0.05, 0.1) is 0 Å². The molecule has 0 aromatic heterocycles. The second-order valence-corrected chi connectivity index (χ2v) is 6.04. The normalized spacial score (nSPS) is 12.4. The van der Waals surface area contributed by atoms with Crippen LogP contribution in [-0.2, 0) is 6.42 Å². The zero-order valence-electron chi connectivity index (χ0n) is 11.5. The molecule has 21 heavy (non-hydrogen) atoms. The third-order valence-electron chi connectivity index (χ3n) is 3.22. The molecule has 0 bridgehead atoms. The molecule has 1 unspecified atom stereocenters. The number of nitrogens with one attached hydrogen (secondary N) is 1. The van der Waals surface area contributed by atoms with Gasteiger partial charge in [0.15, 0.2) is 0 Å². The highest BCUT2D eigenvalue weighted by Gasteiger charge is 2.17. The van der Waals surface area contributed by atoms with E-state index in [1.165, 1.54) is 6.07 Å². The van der Waals surface area contributed by atoms with Crippen LogP contribution in [0.15, 0.2) is 40.9 Å². The van der Waals surface area contributed by atoms with Crippen molar-refractivity contribution in [2.24, 2.45) is 0 Å². The van der Waals surface area contributed by atoms with E-state index < -0.39 is 11.6 Å². The summed E-state index contributed by atoms with van der Waals surface area (Å²) in [6.07, 6.45) is 0.327. The first-order chi connectivity index (χ1) is 10.0. The van der Waals surface area contributed by atoms with Crippen molar-refractivity contribution in [3.63, 3.8) is 0 Å². The summed E-state index contributed by atoms with van der Waals surface area (Å²) in [6.45, 7) is 2.66. The van der Waals surface area contributed by atoms with Crippen LogP contribution in [0, 0.1) is 11.6 Å². The van der Waals surface area contributed by atoms with E-state index in [1.807, 2.05) is 19.1 Å². The maximum absolute atomic E-state index is 13.8. The standard InChI is InChI=1S/C16H15BrClF2N/c1-2-21-16(13-9-11(17)3-5-14(13)18)8-10-7-12(19)4-6-15(10)20/h3-7,9,16,21H,2,8H2,1H3. The second-order valence-electron chi connectivity index (χ2n) is 4.72. The van der Waals surface area contributed by atoms with Gasteiger partial charge in [-0.15, -0.1) is 0 Å². The number of benzene rings is 2. The summed E-state index contributed by atoms with van der Waals surface area (Å²) in [6, 6.07) is 8.84. The van der Waals surface area contributed by atoms with E-state index in [-0.39, 0.29) is 6.04 Å². The molecule has 0 radical (unpaired) electrons. The Morgan fingerprint density at radius 1 is 1.19 bits per heavy atom. The highest BCUT2D eigenvalue weighted by Crippen LogP contribution is 2.29. The van der Waals surface area contributed by atoms with Gasteiger partial charge in [-0.3, -0.25) is 0 Å². The zero-order chi connectivity index (χ0) is 15.4. The van der Waals surface area contributed by atoms with Gasteiger partial charge in [-0.05, 0) is 60.5 Å². The Kier molecular flexibility index (Phi) is 5.73. The smallest absolute Gasteiger partial charge is 0.126 e. The molecule has 2 aromatic carbocycles. The monoisotopic (exact) mass is 373 g/mol. The molecule has 2 aromatic rings. The van der Waals surface area contributed by atoms with Crippen LogP contribution in [-0.4, -0.2) is 6.54 Å². The number of likely N-dealkylation sites (N-methyl/N-ethyl adjacent to an activating group) is 1. The fourth-order valence-corrected chi connectivity index (χ4v) is 2.87. The lowest BCUT2D eigenvalue weighted by Gasteiger charge is -2.20. The van der Waals surface area contributed by atoms with Gasteiger partial charge in [0, 0.05) is 15.5 Å². The lowest BCUT2D eigenvalue weighted by atomic mass is 9.98. The highest BCUT2D eigenvalue weighted by molar-refractivity contribution is 9.10. The van der Waals surface area contributed by atoms with Gasteiger partial charge in [0.25, 0.3) is 0 Å². The van der Waals surface area contributed by atoms with E-state index in [0.717, 1.165) is 22.2 Å².